The standard InChI is InChI=1S/C18H22O4/c1-9-11(3)17(19)13(7-15(9)21-5)14-8-16(22-6)10(2)12(4)18(14)20/h7-8,19-20H,1-6H3. The first-order chi connectivity index (χ1) is 10.3. The largest absolute Gasteiger partial charge is 0.507 e. The molecule has 0 atom stereocenters. The van der Waals surface area contributed by atoms with E-state index in [1.54, 1.807) is 26.4 Å². The molecular formula is C18H22O4. The van der Waals surface area contributed by atoms with Gasteiger partial charge in [-0.25, -0.2) is 0 Å². The third-order valence-electron chi connectivity index (χ3n) is 4.37. The van der Waals surface area contributed by atoms with E-state index in [9.17, 15) is 10.2 Å². The maximum absolute atomic E-state index is 10.5. The Morgan fingerprint density at radius 3 is 1.23 bits per heavy atom. The van der Waals surface area contributed by atoms with E-state index in [1.807, 2.05) is 27.7 Å². The Balaban J connectivity index is 2.83. The number of methoxy groups -OCH3 is 2. The molecule has 2 rings (SSSR count). The average molecular weight is 302 g/mol. The molecule has 0 saturated heterocycles. The first kappa shape index (κ1) is 16.0. The van der Waals surface area contributed by atoms with Gasteiger partial charge in [0.05, 0.1) is 14.2 Å². The van der Waals surface area contributed by atoms with Crippen molar-refractivity contribution in [3.05, 3.63) is 34.4 Å². The normalized spacial score (nSPS) is 10.6. The Bertz CT molecular complexity index is 669. The topological polar surface area (TPSA) is 58.9 Å². The van der Waals surface area contributed by atoms with Crippen molar-refractivity contribution in [3.8, 4) is 34.1 Å². The molecule has 0 saturated carbocycles. The molecule has 0 heterocycles. The van der Waals surface area contributed by atoms with Crippen LogP contribution in [0.1, 0.15) is 22.3 Å². The monoisotopic (exact) mass is 302 g/mol. The Labute approximate surface area is 130 Å². The van der Waals surface area contributed by atoms with Gasteiger partial charge in [-0.2, -0.15) is 0 Å². The lowest BCUT2D eigenvalue weighted by molar-refractivity contribution is 0.406. The Kier molecular flexibility index (Phi) is 4.22. The van der Waals surface area contributed by atoms with Crippen LogP contribution < -0.4 is 9.47 Å². The van der Waals surface area contributed by atoms with Gasteiger partial charge in [0.15, 0.2) is 0 Å². The number of phenolic OH excluding ortho intramolecular Hbond substituents is 2. The minimum absolute atomic E-state index is 0.138. The highest BCUT2D eigenvalue weighted by Gasteiger charge is 2.20. The van der Waals surface area contributed by atoms with Crippen LogP contribution in [0.3, 0.4) is 0 Å². The van der Waals surface area contributed by atoms with Crippen LogP contribution in [-0.4, -0.2) is 24.4 Å². The van der Waals surface area contributed by atoms with E-state index in [4.69, 9.17) is 9.47 Å². The number of hydrogen-bond donors (Lipinski definition) is 2. The van der Waals surface area contributed by atoms with Crippen LogP contribution in [0.25, 0.3) is 11.1 Å². The van der Waals surface area contributed by atoms with Crippen LogP contribution in [0, 0.1) is 27.7 Å². The molecule has 2 N–H and O–H groups in total. The summed E-state index contributed by atoms with van der Waals surface area (Å²) in [5, 5.41) is 21.0. The Hall–Kier alpha value is -2.36. The summed E-state index contributed by atoms with van der Waals surface area (Å²) in [6.45, 7) is 7.43. The second-order valence-corrected chi connectivity index (χ2v) is 5.45. The van der Waals surface area contributed by atoms with Crippen molar-refractivity contribution in [2.75, 3.05) is 14.2 Å². The van der Waals surface area contributed by atoms with E-state index < -0.39 is 0 Å². The quantitative estimate of drug-likeness (QED) is 0.899. The zero-order valence-corrected chi connectivity index (χ0v) is 13.9. The highest BCUT2D eigenvalue weighted by molar-refractivity contribution is 5.81. The summed E-state index contributed by atoms with van der Waals surface area (Å²) in [6, 6.07) is 3.47. The van der Waals surface area contributed by atoms with Crippen LogP contribution in [0.15, 0.2) is 12.1 Å². The van der Waals surface area contributed by atoms with Gasteiger partial charge in [0.2, 0.25) is 0 Å². The fourth-order valence-corrected chi connectivity index (χ4v) is 2.58. The summed E-state index contributed by atoms with van der Waals surface area (Å²) in [6.07, 6.45) is 0. The van der Waals surface area contributed by atoms with Gasteiger partial charge in [-0.3, -0.25) is 0 Å². The molecule has 0 aliphatic carbocycles. The molecule has 0 spiro atoms. The lowest BCUT2D eigenvalue weighted by Crippen LogP contribution is -1.96. The van der Waals surface area contributed by atoms with Gasteiger partial charge in [0.1, 0.15) is 23.0 Å². The van der Waals surface area contributed by atoms with Crippen molar-refractivity contribution < 1.29 is 19.7 Å². The predicted octanol–water partition coefficient (Wildman–Crippen LogP) is 4.02. The molecule has 22 heavy (non-hydrogen) atoms. The van der Waals surface area contributed by atoms with Crippen molar-refractivity contribution >= 4 is 0 Å². The van der Waals surface area contributed by atoms with Gasteiger partial charge < -0.3 is 19.7 Å². The van der Waals surface area contributed by atoms with Gasteiger partial charge >= 0.3 is 0 Å². The third kappa shape index (κ3) is 2.34. The molecule has 2 aromatic carbocycles. The SMILES string of the molecule is COc1cc(-c2cc(OC)c(C)c(C)c2O)c(O)c(C)c1C. The first-order valence-electron chi connectivity index (χ1n) is 7.08. The molecular weight excluding hydrogens is 280 g/mol. The molecule has 4 heteroatoms. The van der Waals surface area contributed by atoms with E-state index in [1.165, 1.54) is 0 Å². The number of hydrogen-bond acceptors (Lipinski definition) is 4. The lowest BCUT2D eigenvalue weighted by Gasteiger charge is -2.18. The second kappa shape index (κ2) is 5.79. The molecule has 0 aromatic heterocycles. The molecule has 4 nitrogen and oxygen atoms in total. The maximum Gasteiger partial charge on any atom is 0.126 e. The van der Waals surface area contributed by atoms with Gasteiger partial charge in [-0.05, 0) is 62.1 Å². The summed E-state index contributed by atoms with van der Waals surface area (Å²) in [5.74, 6) is 1.61. The summed E-state index contributed by atoms with van der Waals surface area (Å²) >= 11 is 0. The number of benzene rings is 2. The molecule has 0 amide bonds. The smallest absolute Gasteiger partial charge is 0.126 e. The first-order valence-corrected chi connectivity index (χ1v) is 7.08. The zero-order valence-electron chi connectivity index (χ0n) is 13.9. The second-order valence-electron chi connectivity index (χ2n) is 5.45. The molecule has 2 aromatic rings. The number of phenols is 2. The molecule has 0 fully saturated rings. The molecule has 0 aliphatic rings. The van der Waals surface area contributed by atoms with Gasteiger partial charge in [-0.15, -0.1) is 0 Å². The van der Waals surface area contributed by atoms with Crippen LogP contribution >= 0.6 is 0 Å². The van der Waals surface area contributed by atoms with Crippen molar-refractivity contribution in [2.45, 2.75) is 27.7 Å². The fourth-order valence-electron chi connectivity index (χ4n) is 2.58. The van der Waals surface area contributed by atoms with E-state index in [0.717, 1.165) is 22.3 Å². The van der Waals surface area contributed by atoms with Crippen molar-refractivity contribution in [1.29, 1.82) is 0 Å². The summed E-state index contributed by atoms with van der Waals surface area (Å²) in [7, 11) is 3.17. The fraction of sp³-hybridized carbons (Fsp3) is 0.333. The minimum Gasteiger partial charge on any atom is -0.507 e. The highest BCUT2D eigenvalue weighted by atomic mass is 16.5. The minimum atomic E-state index is 0.138. The van der Waals surface area contributed by atoms with E-state index >= 15 is 0 Å². The van der Waals surface area contributed by atoms with E-state index in [-0.39, 0.29) is 11.5 Å². The van der Waals surface area contributed by atoms with Gasteiger partial charge in [-0.1, -0.05) is 0 Å². The van der Waals surface area contributed by atoms with E-state index in [0.29, 0.717) is 22.6 Å². The van der Waals surface area contributed by atoms with Crippen LogP contribution in [0.2, 0.25) is 0 Å². The lowest BCUT2D eigenvalue weighted by atomic mass is 9.94. The number of ether oxygens (including phenoxy) is 2. The zero-order chi connectivity index (χ0) is 16.6. The third-order valence-corrected chi connectivity index (χ3v) is 4.37. The Morgan fingerprint density at radius 2 is 0.955 bits per heavy atom. The summed E-state index contributed by atoms with van der Waals surface area (Å²) in [4.78, 5) is 0. The summed E-state index contributed by atoms with van der Waals surface area (Å²) in [5.41, 5.74) is 4.26. The number of rotatable bonds is 3. The van der Waals surface area contributed by atoms with E-state index in [2.05, 4.69) is 0 Å². The molecule has 118 valence electrons. The number of aromatic hydroxyl groups is 2. The van der Waals surface area contributed by atoms with Crippen LogP contribution in [0.5, 0.6) is 23.0 Å². The van der Waals surface area contributed by atoms with Crippen LogP contribution in [0.4, 0.5) is 0 Å². The highest BCUT2D eigenvalue weighted by Crippen LogP contribution is 2.45. The predicted molar refractivity (Wildman–Crippen MR) is 87.3 cm³/mol. The van der Waals surface area contributed by atoms with Crippen molar-refractivity contribution in [1.82, 2.24) is 0 Å². The van der Waals surface area contributed by atoms with Gasteiger partial charge in [0.25, 0.3) is 0 Å². The Morgan fingerprint density at radius 1 is 0.636 bits per heavy atom. The molecule has 0 bridgehead atoms. The molecule has 0 unspecified atom stereocenters. The van der Waals surface area contributed by atoms with Crippen molar-refractivity contribution in [3.63, 3.8) is 0 Å². The maximum atomic E-state index is 10.5. The van der Waals surface area contributed by atoms with Crippen molar-refractivity contribution in [2.24, 2.45) is 0 Å². The van der Waals surface area contributed by atoms with Crippen LogP contribution in [-0.2, 0) is 0 Å². The average Bonchev–Trinajstić information content (AvgIpc) is 2.52. The molecule has 0 radical (unpaired) electrons. The summed E-state index contributed by atoms with van der Waals surface area (Å²) < 4.78 is 10.7. The molecule has 0 aliphatic heterocycles. The van der Waals surface area contributed by atoms with Gasteiger partial charge in [0, 0.05) is 11.1 Å².